The average molecular weight is 291 g/mol. The minimum atomic E-state index is -3.43. The molecule has 0 saturated carbocycles. The van der Waals surface area contributed by atoms with E-state index in [1.54, 1.807) is 55.7 Å². The lowest BCUT2D eigenvalue weighted by Gasteiger charge is -2.22. The molecule has 0 aliphatic rings. The van der Waals surface area contributed by atoms with Crippen LogP contribution in [0.5, 0.6) is 0 Å². The van der Waals surface area contributed by atoms with Crippen molar-refractivity contribution >= 4 is 21.4 Å². The quantitative estimate of drug-likeness (QED) is 0.855. The van der Waals surface area contributed by atoms with Crippen molar-refractivity contribution in [3.05, 3.63) is 54.4 Å². The van der Waals surface area contributed by atoms with Gasteiger partial charge in [-0.2, -0.15) is 0 Å². The average Bonchev–Trinajstić information content (AvgIpc) is 2.43. The van der Waals surface area contributed by atoms with Gasteiger partial charge < -0.3 is 5.73 Å². The van der Waals surface area contributed by atoms with Crippen LogP contribution >= 0.6 is 0 Å². The molecule has 0 spiro atoms. The highest BCUT2D eigenvalue weighted by atomic mass is 32.2. The molecule has 6 heteroatoms. The summed E-state index contributed by atoms with van der Waals surface area (Å²) < 4.78 is 26.4. The number of sulfonamides is 1. The Balaban J connectivity index is 2.26. The molecular formula is C14H17N3O2S. The monoisotopic (exact) mass is 291 g/mol. The van der Waals surface area contributed by atoms with E-state index in [1.807, 2.05) is 0 Å². The fourth-order valence-electron chi connectivity index (χ4n) is 1.95. The maximum atomic E-state index is 12.5. The van der Waals surface area contributed by atoms with Gasteiger partial charge in [-0.15, -0.1) is 0 Å². The van der Waals surface area contributed by atoms with Crippen molar-refractivity contribution in [2.75, 3.05) is 16.6 Å². The van der Waals surface area contributed by atoms with Crippen molar-refractivity contribution in [1.82, 2.24) is 4.98 Å². The van der Waals surface area contributed by atoms with E-state index in [1.165, 1.54) is 4.31 Å². The Labute approximate surface area is 119 Å². The molecule has 0 aliphatic heterocycles. The number of pyridine rings is 1. The van der Waals surface area contributed by atoms with E-state index in [0.29, 0.717) is 23.5 Å². The van der Waals surface area contributed by atoms with Crippen LogP contribution in [0.25, 0.3) is 0 Å². The molecule has 0 radical (unpaired) electrons. The van der Waals surface area contributed by atoms with Gasteiger partial charge in [0.25, 0.3) is 0 Å². The number of hydrogen-bond acceptors (Lipinski definition) is 4. The number of benzene rings is 1. The molecule has 0 atom stereocenters. The standard InChI is InChI=1S/C14H17N3O2S/c1-2-17(14-7-9-16-10-8-14)20(18,19)11-12-3-5-13(15)6-4-12/h3-10H,2,11,15H2,1H3. The van der Waals surface area contributed by atoms with Gasteiger partial charge in [-0.05, 0) is 36.8 Å². The molecule has 20 heavy (non-hydrogen) atoms. The van der Waals surface area contributed by atoms with E-state index in [9.17, 15) is 8.42 Å². The second-order valence-corrected chi connectivity index (χ2v) is 6.26. The van der Waals surface area contributed by atoms with Crippen LogP contribution in [0.1, 0.15) is 12.5 Å². The summed E-state index contributed by atoms with van der Waals surface area (Å²) >= 11 is 0. The van der Waals surface area contributed by atoms with Gasteiger partial charge in [0.05, 0.1) is 11.4 Å². The molecule has 0 saturated heterocycles. The molecule has 0 unspecified atom stereocenters. The van der Waals surface area contributed by atoms with Gasteiger partial charge in [-0.1, -0.05) is 12.1 Å². The molecular weight excluding hydrogens is 274 g/mol. The van der Waals surface area contributed by atoms with Crippen LogP contribution in [0.15, 0.2) is 48.8 Å². The van der Waals surface area contributed by atoms with E-state index in [4.69, 9.17) is 5.73 Å². The van der Waals surface area contributed by atoms with Crippen molar-refractivity contribution in [2.24, 2.45) is 0 Å². The summed E-state index contributed by atoms with van der Waals surface area (Å²) in [6, 6.07) is 10.2. The first-order chi connectivity index (χ1) is 9.53. The minimum absolute atomic E-state index is 0.0521. The maximum absolute atomic E-state index is 12.5. The SMILES string of the molecule is CCN(c1ccncc1)S(=O)(=O)Cc1ccc(N)cc1. The number of nitrogens with zero attached hydrogens (tertiary/aromatic N) is 2. The molecule has 2 N–H and O–H groups in total. The summed E-state index contributed by atoms with van der Waals surface area (Å²) in [6.45, 7) is 2.18. The van der Waals surface area contributed by atoms with Crippen molar-refractivity contribution in [3.8, 4) is 0 Å². The van der Waals surface area contributed by atoms with E-state index < -0.39 is 10.0 Å². The first-order valence-electron chi connectivity index (χ1n) is 6.28. The Morgan fingerprint density at radius 2 is 1.70 bits per heavy atom. The third-order valence-electron chi connectivity index (χ3n) is 2.90. The third kappa shape index (κ3) is 3.27. The van der Waals surface area contributed by atoms with Gasteiger partial charge in [0.15, 0.2) is 0 Å². The highest BCUT2D eigenvalue weighted by Gasteiger charge is 2.21. The normalized spacial score (nSPS) is 11.2. The zero-order valence-electron chi connectivity index (χ0n) is 11.2. The number of nitrogens with two attached hydrogens (primary N) is 1. The maximum Gasteiger partial charge on any atom is 0.239 e. The van der Waals surface area contributed by atoms with E-state index >= 15 is 0 Å². The lowest BCUT2D eigenvalue weighted by molar-refractivity contribution is 0.591. The van der Waals surface area contributed by atoms with Crippen LogP contribution in [0.3, 0.4) is 0 Å². The van der Waals surface area contributed by atoms with E-state index in [-0.39, 0.29) is 5.75 Å². The molecule has 1 aromatic carbocycles. The highest BCUT2D eigenvalue weighted by molar-refractivity contribution is 7.92. The zero-order valence-corrected chi connectivity index (χ0v) is 12.0. The van der Waals surface area contributed by atoms with Crippen LogP contribution in [0.4, 0.5) is 11.4 Å². The summed E-state index contributed by atoms with van der Waals surface area (Å²) in [7, 11) is -3.43. The summed E-state index contributed by atoms with van der Waals surface area (Å²) in [4.78, 5) is 3.90. The second-order valence-electron chi connectivity index (χ2n) is 4.37. The Bertz CT molecular complexity index is 655. The lowest BCUT2D eigenvalue weighted by Crippen LogP contribution is -2.31. The van der Waals surface area contributed by atoms with Gasteiger partial charge in [0.2, 0.25) is 10.0 Å². The molecule has 0 aliphatic carbocycles. The minimum Gasteiger partial charge on any atom is -0.399 e. The van der Waals surface area contributed by atoms with Crippen molar-refractivity contribution in [3.63, 3.8) is 0 Å². The van der Waals surface area contributed by atoms with E-state index in [0.717, 1.165) is 0 Å². The molecule has 2 rings (SSSR count). The van der Waals surface area contributed by atoms with Gasteiger partial charge in [0, 0.05) is 24.6 Å². The molecule has 5 nitrogen and oxygen atoms in total. The van der Waals surface area contributed by atoms with Crippen molar-refractivity contribution in [1.29, 1.82) is 0 Å². The van der Waals surface area contributed by atoms with Crippen LogP contribution < -0.4 is 10.0 Å². The lowest BCUT2D eigenvalue weighted by atomic mass is 10.2. The molecule has 0 fully saturated rings. The number of rotatable bonds is 5. The van der Waals surface area contributed by atoms with Crippen molar-refractivity contribution < 1.29 is 8.42 Å². The summed E-state index contributed by atoms with van der Waals surface area (Å²) in [6.07, 6.45) is 3.16. The van der Waals surface area contributed by atoms with E-state index in [2.05, 4.69) is 4.98 Å². The first-order valence-corrected chi connectivity index (χ1v) is 7.88. The molecule has 0 amide bonds. The molecule has 106 valence electrons. The first kappa shape index (κ1) is 14.3. The summed E-state index contributed by atoms with van der Waals surface area (Å²) in [5, 5.41) is 0. The van der Waals surface area contributed by atoms with Gasteiger partial charge in [0.1, 0.15) is 0 Å². The topological polar surface area (TPSA) is 76.3 Å². The summed E-state index contributed by atoms with van der Waals surface area (Å²) in [5.41, 5.74) is 7.56. The molecule has 0 bridgehead atoms. The van der Waals surface area contributed by atoms with Gasteiger partial charge in [-0.25, -0.2) is 8.42 Å². The van der Waals surface area contributed by atoms with Crippen LogP contribution in [-0.2, 0) is 15.8 Å². The van der Waals surface area contributed by atoms with Crippen molar-refractivity contribution in [2.45, 2.75) is 12.7 Å². The zero-order chi connectivity index (χ0) is 14.6. The number of hydrogen-bond donors (Lipinski definition) is 1. The Morgan fingerprint density at radius 3 is 2.25 bits per heavy atom. The predicted octanol–water partition coefficient (Wildman–Crippen LogP) is 2.02. The Kier molecular flexibility index (Phi) is 4.24. The Morgan fingerprint density at radius 1 is 1.10 bits per heavy atom. The smallest absolute Gasteiger partial charge is 0.239 e. The number of anilines is 2. The van der Waals surface area contributed by atoms with Crippen LogP contribution in [0, 0.1) is 0 Å². The largest absolute Gasteiger partial charge is 0.399 e. The number of aromatic nitrogens is 1. The van der Waals surface area contributed by atoms with Gasteiger partial charge >= 0.3 is 0 Å². The molecule has 1 aromatic heterocycles. The van der Waals surface area contributed by atoms with Crippen LogP contribution in [-0.4, -0.2) is 19.9 Å². The fourth-order valence-corrected chi connectivity index (χ4v) is 3.56. The molecule has 1 heterocycles. The van der Waals surface area contributed by atoms with Gasteiger partial charge in [-0.3, -0.25) is 9.29 Å². The third-order valence-corrected chi connectivity index (χ3v) is 4.74. The Hall–Kier alpha value is -2.08. The molecule has 2 aromatic rings. The van der Waals surface area contributed by atoms with Crippen LogP contribution in [0.2, 0.25) is 0 Å². The predicted molar refractivity (Wildman–Crippen MR) is 80.7 cm³/mol. The summed E-state index contributed by atoms with van der Waals surface area (Å²) in [5.74, 6) is -0.0521. The fraction of sp³-hybridized carbons (Fsp3) is 0.214. The number of nitrogen functional groups attached to an aromatic ring is 1. The highest BCUT2D eigenvalue weighted by Crippen LogP contribution is 2.20. The second kappa shape index (κ2) is 5.92.